The average molecular weight is 415 g/mol. The molecule has 7 heteroatoms. The SMILES string of the molecule is Cc1cc(C)cc(-n2ccn3c(CCCC(=O)NCc4ccccc4)nnc3c2=O)c1. The lowest BCUT2D eigenvalue weighted by molar-refractivity contribution is -0.121. The number of nitrogens with zero attached hydrogens (tertiary/aromatic N) is 4. The van der Waals surface area contributed by atoms with E-state index >= 15 is 0 Å². The fraction of sp³-hybridized carbons (Fsp3) is 0.250. The van der Waals surface area contributed by atoms with Gasteiger partial charge in [-0.3, -0.25) is 18.6 Å². The lowest BCUT2D eigenvalue weighted by atomic mass is 10.1. The molecule has 0 saturated heterocycles. The van der Waals surface area contributed by atoms with Gasteiger partial charge in [-0.25, -0.2) is 0 Å². The largest absolute Gasteiger partial charge is 0.352 e. The summed E-state index contributed by atoms with van der Waals surface area (Å²) in [5.41, 5.74) is 4.13. The summed E-state index contributed by atoms with van der Waals surface area (Å²) in [6, 6.07) is 15.8. The summed E-state index contributed by atoms with van der Waals surface area (Å²) >= 11 is 0. The molecule has 0 fully saturated rings. The number of hydrogen-bond donors (Lipinski definition) is 1. The summed E-state index contributed by atoms with van der Waals surface area (Å²) in [6.45, 7) is 4.53. The molecule has 0 bridgehead atoms. The van der Waals surface area contributed by atoms with Crippen molar-refractivity contribution < 1.29 is 4.79 Å². The fourth-order valence-corrected chi connectivity index (χ4v) is 3.69. The number of aryl methyl sites for hydroxylation is 3. The third kappa shape index (κ3) is 4.71. The van der Waals surface area contributed by atoms with E-state index in [1.807, 2.05) is 56.3 Å². The van der Waals surface area contributed by atoms with Crippen molar-refractivity contribution in [2.75, 3.05) is 0 Å². The number of aromatic nitrogens is 4. The molecule has 1 N–H and O–H groups in total. The minimum Gasteiger partial charge on any atom is -0.352 e. The van der Waals surface area contributed by atoms with Crippen LogP contribution in [0.2, 0.25) is 0 Å². The van der Waals surface area contributed by atoms with Gasteiger partial charge in [0.2, 0.25) is 11.6 Å². The van der Waals surface area contributed by atoms with Gasteiger partial charge in [-0.1, -0.05) is 36.4 Å². The van der Waals surface area contributed by atoms with E-state index in [4.69, 9.17) is 0 Å². The van der Waals surface area contributed by atoms with Crippen LogP contribution >= 0.6 is 0 Å². The molecule has 31 heavy (non-hydrogen) atoms. The second kappa shape index (κ2) is 8.95. The standard InChI is InChI=1S/C24H25N5O2/c1-17-13-18(2)15-20(14-17)28-11-12-29-21(26-27-23(29)24(28)31)9-6-10-22(30)25-16-19-7-4-3-5-8-19/h3-5,7-8,11-15H,6,9-10,16H2,1-2H3,(H,25,30). The Morgan fingerprint density at radius 2 is 1.74 bits per heavy atom. The third-order valence-electron chi connectivity index (χ3n) is 5.16. The molecule has 4 rings (SSSR count). The minimum absolute atomic E-state index is 0.00477. The van der Waals surface area contributed by atoms with Gasteiger partial charge in [0.05, 0.1) is 0 Å². The summed E-state index contributed by atoms with van der Waals surface area (Å²) in [5.74, 6) is 0.672. The molecule has 7 nitrogen and oxygen atoms in total. The summed E-state index contributed by atoms with van der Waals surface area (Å²) in [4.78, 5) is 25.1. The van der Waals surface area contributed by atoms with Gasteiger partial charge in [0.25, 0.3) is 0 Å². The number of carbonyl (C=O) groups is 1. The van der Waals surface area contributed by atoms with Crippen LogP contribution in [0.1, 0.15) is 35.4 Å². The molecule has 0 aliphatic carbocycles. The highest BCUT2D eigenvalue weighted by atomic mass is 16.1. The van der Waals surface area contributed by atoms with E-state index in [-0.39, 0.29) is 17.1 Å². The van der Waals surface area contributed by atoms with Crippen molar-refractivity contribution in [1.82, 2.24) is 24.5 Å². The normalized spacial score (nSPS) is 11.0. The summed E-state index contributed by atoms with van der Waals surface area (Å²) < 4.78 is 3.30. The fourth-order valence-electron chi connectivity index (χ4n) is 3.69. The van der Waals surface area contributed by atoms with Gasteiger partial charge in [-0.05, 0) is 49.1 Å². The molecule has 0 saturated carbocycles. The van der Waals surface area contributed by atoms with Crippen LogP contribution in [0.4, 0.5) is 0 Å². The molecule has 1 amide bonds. The molecule has 2 heterocycles. The molecule has 4 aromatic rings. The first-order valence-corrected chi connectivity index (χ1v) is 10.4. The first kappa shape index (κ1) is 20.5. The lowest BCUT2D eigenvalue weighted by Crippen LogP contribution is -2.22. The number of rotatable bonds is 7. The zero-order valence-electron chi connectivity index (χ0n) is 17.7. The molecule has 2 aromatic heterocycles. The Hall–Kier alpha value is -3.74. The lowest BCUT2D eigenvalue weighted by Gasteiger charge is -2.09. The van der Waals surface area contributed by atoms with Crippen molar-refractivity contribution in [3.05, 3.63) is 93.8 Å². The number of fused-ring (bicyclic) bond motifs is 1. The predicted octanol–water partition coefficient (Wildman–Crippen LogP) is 3.14. The van der Waals surface area contributed by atoms with Crippen molar-refractivity contribution in [2.45, 2.75) is 39.7 Å². The molecule has 0 atom stereocenters. The summed E-state index contributed by atoms with van der Waals surface area (Å²) in [7, 11) is 0. The molecule has 2 aromatic carbocycles. The predicted molar refractivity (Wildman–Crippen MR) is 119 cm³/mol. The van der Waals surface area contributed by atoms with Gasteiger partial charge in [0, 0.05) is 37.5 Å². The van der Waals surface area contributed by atoms with Crippen LogP contribution < -0.4 is 10.9 Å². The van der Waals surface area contributed by atoms with E-state index in [0.717, 1.165) is 22.4 Å². The van der Waals surface area contributed by atoms with Gasteiger partial charge in [-0.2, -0.15) is 0 Å². The number of hydrogen-bond acceptors (Lipinski definition) is 4. The van der Waals surface area contributed by atoms with Gasteiger partial charge in [0.15, 0.2) is 0 Å². The number of nitrogens with one attached hydrogen (secondary N) is 1. The summed E-state index contributed by atoms with van der Waals surface area (Å²) in [6.07, 6.45) is 5.12. The maximum atomic E-state index is 12.9. The molecule has 0 aliphatic rings. The van der Waals surface area contributed by atoms with E-state index in [0.29, 0.717) is 31.6 Å². The van der Waals surface area contributed by atoms with E-state index in [2.05, 4.69) is 21.6 Å². The topological polar surface area (TPSA) is 81.3 Å². The van der Waals surface area contributed by atoms with E-state index < -0.39 is 0 Å². The van der Waals surface area contributed by atoms with Gasteiger partial charge in [0.1, 0.15) is 5.82 Å². The highest BCUT2D eigenvalue weighted by Gasteiger charge is 2.12. The average Bonchev–Trinajstić information content (AvgIpc) is 3.16. The molecule has 0 aliphatic heterocycles. The van der Waals surface area contributed by atoms with Crippen LogP contribution in [0.15, 0.2) is 65.7 Å². The van der Waals surface area contributed by atoms with E-state index in [1.54, 1.807) is 21.4 Å². The minimum atomic E-state index is -0.216. The zero-order chi connectivity index (χ0) is 21.8. The smallest absolute Gasteiger partial charge is 0.300 e. The Morgan fingerprint density at radius 1 is 1.00 bits per heavy atom. The Morgan fingerprint density at radius 3 is 2.48 bits per heavy atom. The monoisotopic (exact) mass is 415 g/mol. The number of amides is 1. The van der Waals surface area contributed by atoms with Crippen molar-refractivity contribution in [2.24, 2.45) is 0 Å². The first-order chi connectivity index (χ1) is 15.0. The number of carbonyl (C=O) groups excluding carboxylic acids is 1. The summed E-state index contributed by atoms with van der Waals surface area (Å²) in [5, 5.41) is 11.2. The first-order valence-electron chi connectivity index (χ1n) is 10.4. The second-order valence-electron chi connectivity index (χ2n) is 7.74. The van der Waals surface area contributed by atoms with Gasteiger partial charge >= 0.3 is 5.56 Å². The molecular formula is C24H25N5O2. The van der Waals surface area contributed by atoms with E-state index in [1.165, 1.54) is 0 Å². The molecular weight excluding hydrogens is 390 g/mol. The molecule has 0 spiro atoms. The van der Waals surface area contributed by atoms with Crippen LogP contribution in [0.25, 0.3) is 11.3 Å². The molecule has 0 unspecified atom stereocenters. The van der Waals surface area contributed by atoms with Gasteiger partial charge < -0.3 is 5.32 Å². The number of benzene rings is 2. The van der Waals surface area contributed by atoms with Crippen LogP contribution in [-0.2, 0) is 17.8 Å². The van der Waals surface area contributed by atoms with Crippen molar-refractivity contribution in [3.8, 4) is 5.69 Å². The Kier molecular flexibility index (Phi) is 5.93. The third-order valence-corrected chi connectivity index (χ3v) is 5.16. The van der Waals surface area contributed by atoms with Crippen molar-refractivity contribution in [1.29, 1.82) is 0 Å². The van der Waals surface area contributed by atoms with Crippen LogP contribution in [-0.4, -0.2) is 25.1 Å². The maximum Gasteiger partial charge on any atom is 0.300 e. The van der Waals surface area contributed by atoms with Crippen LogP contribution in [0.5, 0.6) is 0 Å². The Balaban J connectivity index is 1.42. The molecule has 0 radical (unpaired) electrons. The second-order valence-corrected chi connectivity index (χ2v) is 7.74. The van der Waals surface area contributed by atoms with Crippen LogP contribution in [0, 0.1) is 13.8 Å². The van der Waals surface area contributed by atoms with Crippen LogP contribution in [0.3, 0.4) is 0 Å². The Bertz CT molecular complexity index is 1250. The molecule has 158 valence electrons. The highest BCUT2D eigenvalue weighted by Crippen LogP contribution is 2.13. The highest BCUT2D eigenvalue weighted by molar-refractivity contribution is 5.75. The zero-order valence-corrected chi connectivity index (χ0v) is 17.7. The van der Waals surface area contributed by atoms with E-state index in [9.17, 15) is 9.59 Å². The quantitative estimate of drug-likeness (QED) is 0.503. The van der Waals surface area contributed by atoms with Crippen molar-refractivity contribution >= 4 is 11.6 Å². The van der Waals surface area contributed by atoms with Crippen molar-refractivity contribution in [3.63, 3.8) is 0 Å². The maximum absolute atomic E-state index is 12.9. The van der Waals surface area contributed by atoms with Gasteiger partial charge in [-0.15, -0.1) is 10.2 Å². The Labute approximate surface area is 180 Å².